The van der Waals surface area contributed by atoms with Gasteiger partial charge in [-0.2, -0.15) is 0 Å². The molecule has 3 N–H and O–H groups in total. The first-order valence-electron chi connectivity index (χ1n) is 13.6. The van der Waals surface area contributed by atoms with Gasteiger partial charge in [0.2, 0.25) is 25.1 Å². The summed E-state index contributed by atoms with van der Waals surface area (Å²) in [6.07, 6.45) is -2.83. The Labute approximate surface area is 275 Å². The average molecular weight is 708 g/mol. The Morgan fingerprint density at radius 1 is 1.11 bits per heavy atom. The van der Waals surface area contributed by atoms with Crippen LogP contribution < -0.4 is 11.1 Å². The van der Waals surface area contributed by atoms with Gasteiger partial charge in [-0.1, -0.05) is 5.16 Å². The van der Waals surface area contributed by atoms with E-state index in [0.29, 0.717) is 0 Å². The van der Waals surface area contributed by atoms with Crippen LogP contribution in [-0.2, 0) is 52.4 Å². The molecule has 46 heavy (non-hydrogen) atoms. The van der Waals surface area contributed by atoms with Crippen molar-refractivity contribution in [3.05, 3.63) is 11.1 Å². The summed E-state index contributed by atoms with van der Waals surface area (Å²) in [4.78, 5) is 84.9. The number of nitrogens with zero attached hydrogens (tertiary/aromatic N) is 3. The third-order valence-electron chi connectivity index (χ3n) is 6.04. The summed E-state index contributed by atoms with van der Waals surface area (Å²) >= 11 is 3.45. The summed E-state index contributed by atoms with van der Waals surface area (Å²) in [5.74, 6) is -2.75. The Kier molecular flexibility index (Phi) is 13.1. The molecular formula is C25H33N5O13S3. The summed E-state index contributed by atoms with van der Waals surface area (Å²) in [5.41, 5.74) is 5.36. The van der Waals surface area contributed by atoms with E-state index < -0.39 is 71.4 Å². The number of thiazole rings is 1. The number of amides is 2. The lowest BCUT2D eigenvalue weighted by molar-refractivity contribution is -0.173. The van der Waals surface area contributed by atoms with Crippen molar-refractivity contribution in [2.75, 3.05) is 44.1 Å². The first kappa shape index (κ1) is 36.5. The molecule has 0 radical (unpaired) electrons. The van der Waals surface area contributed by atoms with E-state index in [1.54, 1.807) is 20.1 Å². The Morgan fingerprint density at radius 3 is 2.30 bits per heavy atom. The minimum Gasteiger partial charge on any atom is -0.435 e. The molecule has 2 aliphatic rings. The molecule has 3 rings (SSSR count). The maximum Gasteiger partial charge on any atom is 0.511 e. The molecular weight excluding hydrogens is 674 g/mol. The van der Waals surface area contributed by atoms with Crippen LogP contribution in [0.4, 0.5) is 14.7 Å². The van der Waals surface area contributed by atoms with Gasteiger partial charge in [-0.3, -0.25) is 14.4 Å². The number of carbonyl (C=O) groups excluding carboxylic acids is 6. The van der Waals surface area contributed by atoms with Crippen molar-refractivity contribution < 1.29 is 62.0 Å². The number of fused-ring (bicyclic) bond motifs is 1. The molecule has 4 unspecified atom stereocenters. The van der Waals surface area contributed by atoms with Crippen LogP contribution in [0, 0.1) is 0 Å². The van der Waals surface area contributed by atoms with Gasteiger partial charge in [-0.15, -0.1) is 34.9 Å². The highest BCUT2D eigenvalue weighted by atomic mass is 32.2. The summed E-state index contributed by atoms with van der Waals surface area (Å²) in [5, 5.41) is 7.36. The number of nitrogens with two attached hydrogens (primary N) is 1. The zero-order valence-corrected chi connectivity index (χ0v) is 27.8. The molecule has 18 nitrogen and oxygen atoms in total. The van der Waals surface area contributed by atoms with Gasteiger partial charge in [-0.25, -0.2) is 19.4 Å². The second-order valence-electron chi connectivity index (χ2n) is 9.23. The number of β-lactam (4-membered cyclic amide) rings is 1. The number of rotatable bonds is 14. The molecule has 0 aromatic carbocycles. The molecule has 2 saturated heterocycles. The Hall–Kier alpha value is -3.98. The normalized spacial score (nSPS) is 21.8. The van der Waals surface area contributed by atoms with Crippen LogP contribution in [0.15, 0.2) is 10.5 Å². The third kappa shape index (κ3) is 9.28. The van der Waals surface area contributed by atoms with Crippen LogP contribution in [0.2, 0.25) is 0 Å². The number of esters is 2. The lowest BCUT2D eigenvalue weighted by Gasteiger charge is -2.53. The number of hydrogen-bond donors (Lipinski definition) is 2. The second-order valence-corrected chi connectivity index (χ2v) is 12.4. The van der Waals surface area contributed by atoms with Crippen LogP contribution in [0.1, 0.15) is 33.4 Å². The van der Waals surface area contributed by atoms with E-state index >= 15 is 0 Å². The predicted octanol–water partition coefficient (Wildman–Crippen LogP) is 1.07. The molecule has 2 amide bonds. The van der Waals surface area contributed by atoms with Crippen LogP contribution in [0.3, 0.4) is 0 Å². The molecule has 1 aromatic heterocycles. The molecule has 21 heteroatoms. The van der Waals surface area contributed by atoms with Crippen molar-refractivity contribution in [3.63, 3.8) is 0 Å². The first-order chi connectivity index (χ1) is 21.8. The van der Waals surface area contributed by atoms with Crippen molar-refractivity contribution >= 4 is 81.8 Å². The number of ether oxygens (including phenoxy) is 6. The van der Waals surface area contributed by atoms with Crippen molar-refractivity contribution in [1.82, 2.24) is 15.2 Å². The van der Waals surface area contributed by atoms with E-state index in [9.17, 15) is 28.8 Å². The zero-order chi connectivity index (χ0) is 34.0. The van der Waals surface area contributed by atoms with Gasteiger partial charge < -0.3 is 49.2 Å². The van der Waals surface area contributed by atoms with Crippen molar-refractivity contribution in [3.8, 4) is 0 Å². The average Bonchev–Trinajstić information content (AvgIpc) is 3.42. The van der Waals surface area contributed by atoms with Crippen molar-refractivity contribution in [1.29, 1.82) is 0 Å². The summed E-state index contributed by atoms with van der Waals surface area (Å²) in [6.45, 7) is 5.18. The van der Waals surface area contributed by atoms with E-state index in [1.807, 2.05) is 0 Å². The smallest absolute Gasteiger partial charge is 0.435 e. The van der Waals surface area contributed by atoms with Crippen LogP contribution in [0.25, 0.3) is 0 Å². The minimum absolute atomic E-state index is 0.0188. The molecule has 5 atom stereocenters. The van der Waals surface area contributed by atoms with E-state index in [4.69, 9.17) is 29.5 Å². The summed E-state index contributed by atoms with van der Waals surface area (Å²) in [7, 11) is 0. The van der Waals surface area contributed by atoms with Gasteiger partial charge in [-0.05, 0) is 20.1 Å². The van der Waals surface area contributed by atoms with E-state index in [1.165, 1.54) is 47.7 Å². The number of hydrogen-bond acceptors (Lipinski definition) is 19. The molecule has 1 aromatic rings. The van der Waals surface area contributed by atoms with Gasteiger partial charge in [0.1, 0.15) is 21.9 Å². The SMILES string of the molecule is CCOC(=O)OC(C)OC(=O)CON=C(C(=O)NC1C(=O)N2CC(SC)(C(=O)OC(C)OC(=O)OCC)CS[C@H]12)c1csc(N)n1. The standard InChI is InChI=1S/C25H33N5O13S3/c1-6-37-23(35)42-12(3)40-15(31)8-39-29-16(14-9-45-22(26)27-14)18(32)28-17-19(33)30-10-25(44-5,11-46-20(17)30)21(34)41-13(4)43-24(36)38-7-2/h9,12-13,17,20H,6-8,10-11H2,1-5H3,(H2,26,27)(H,28,32)/t12?,13?,17?,20-,25?/m1/s1. The fourth-order valence-corrected chi connectivity index (χ4v) is 7.03. The molecule has 2 fully saturated rings. The number of nitrogens with one attached hydrogen (secondary N) is 1. The van der Waals surface area contributed by atoms with Gasteiger partial charge in [0, 0.05) is 31.5 Å². The second kappa shape index (κ2) is 16.5. The molecule has 2 aliphatic heterocycles. The van der Waals surface area contributed by atoms with Crippen LogP contribution >= 0.6 is 34.9 Å². The fourth-order valence-electron chi connectivity index (χ4n) is 3.94. The van der Waals surface area contributed by atoms with E-state index in [-0.39, 0.29) is 42.0 Å². The molecule has 0 bridgehead atoms. The predicted molar refractivity (Wildman–Crippen MR) is 162 cm³/mol. The number of aromatic nitrogens is 1. The number of carbonyl (C=O) groups is 6. The summed E-state index contributed by atoms with van der Waals surface area (Å²) in [6, 6.07) is -0.980. The Balaban J connectivity index is 1.61. The van der Waals surface area contributed by atoms with Crippen molar-refractivity contribution in [2.45, 2.75) is 56.4 Å². The molecule has 0 spiro atoms. The molecule has 3 heterocycles. The summed E-state index contributed by atoms with van der Waals surface area (Å²) < 4.78 is 27.9. The quantitative estimate of drug-likeness (QED) is 0.0687. The largest absolute Gasteiger partial charge is 0.511 e. The molecule has 254 valence electrons. The highest BCUT2D eigenvalue weighted by Crippen LogP contribution is 2.44. The third-order valence-corrected chi connectivity index (χ3v) is 9.65. The zero-order valence-electron chi connectivity index (χ0n) is 25.4. The monoisotopic (exact) mass is 707 g/mol. The number of thioether (sulfide) groups is 2. The highest BCUT2D eigenvalue weighted by molar-refractivity contribution is 8.04. The Bertz CT molecular complexity index is 1340. The lowest BCUT2D eigenvalue weighted by atomic mass is 10.0. The Morgan fingerprint density at radius 2 is 1.74 bits per heavy atom. The first-order valence-corrected chi connectivity index (χ1v) is 16.8. The highest BCUT2D eigenvalue weighted by Gasteiger charge is 2.58. The van der Waals surface area contributed by atoms with Gasteiger partial charge in [0.15, 0.2) is 10.8 Å². The number of nitrogen functional groups attached to an aromatic ring is 1. The van der Waals surface area contributed by atoms with Crippen molar-refractivity contribution in [2.24, 2.45) is 5.16 Å². The van der Waals surface area contributed by atoms with Gasteiger partial charge in [0.05, 0.1) is 13.2 Å². The molecule has 0 aliphatic carbocycles. The number of oxime groups is 1. The maximum absolute atomic E-state index is 13.3. The fraction of sp³-hybridized carbons (Fsp3) is 0.600. The van der Waals surface area contributed by atoms with Crippen LogP contribution in [-0.4, -0.2) is 119 Å². The lowest BCUT2D eigenvalue weighted by Crippen LogP contribution is -2.75. The van der Waals surface area contributed by atoms with E-state index in [2.05, 4.69) is 24.9 Å². The number of anilines is 1. The van der Waals surface area contributed by atoms with Gasteiger partial charge in [0.25, 0.3) is 5.91 Å². The van der Waals surface area contributed by atoms with Gasteiger partial charge >= 0.3 is 24.2 Å². The topological polar surface area (TPSA) is 234 Å². The molecule has 0 saturated carbocycles. The minimum atomic E-state index is -1.28. The van der Waals surface area contributed by atoms with E-state index in [0.717, 1.165) is 11.3 Å². The maximum atomic E-state index is 13.3. The van der Waals surface area contributed by atoms with Crippen LogP contribution in [0.5, 0.6) is 0 Å².